The number of piperidine rings is 1. The first-order chi connectivity index (χ1) is 16.4. The number of rotatable bonds is 8. The minimum absolute atomic E-state index is 0.0689. The van der Waals surface area contributed by atoms with E-state index < -0.39 is 0 Å². The molecule has 2 aliphatic heterocycles. The van der Waals surface area contributed by atoms with Gasteiger partial charge in [-0.3, -0.25) is 9.69 Å². The first-order valence-corrected chi connectivity index (χ1v) is 13.0. The number of halogens is 1. The molecule has 0 N–H and O–H groups in total. The van der Waals surface area contributed by atoms with Gasteiger partial charge in [0.1, 0.15) is 5.75 Å². The molecule has 2 aromatic carbocycles. The summed E-state index contributed by atoms with van der Waals surface area (Å²) < 4.78 is 6.81. The van der Waals surface area contributed by atoms with Crippen molar-refractivity contribution in [1.82, 2.24) is 14.7 Å². The van der Waals surface area contributed by atoms with Gasteiger partial charge in [0.05, 0.1) is 19.2 Å². The number of urea groups is 1. The van der Waals surface area contributed by atoms with Crippen LogP contribution in [0.1, 0.15) is 37.3 Å². The molecular weight excluding hydrogens is 494 g/mol. The number of ether oxygens (including phenoxy) is 1. The van der Waals surface area contributed by atoms with Crippen molar-refractivity contribution in [1.29, 1.82) is 0 Å². The van der Waals surface area contributed by atoms with Crippen LogP contribution in [-0.4, -0.2) is 66.0 Å². The molecule has 2 fully saturated rings. The van der Waals surface area contributed by atoms with E-state index in [9.17, 15) is 9.59 Å². The van der Waals surface area contributed by atoms with Gasteiger partial charge >= 0.3 is 6.03 Å². The van der Waals surface area contributed by atoms with E-state index in [0.717, 1.165) is 54.7 Å². The van der Waals surface area contributed by atoms with Crippen LogP contribution in [0.25, 0.3) is 0 Å². The third kappa shape index (κ3) is 5.99. The van der Waals surface area contributed by atoms with E-state index in [2.05, 4.69) is 33.0 Å². The largest absolute Gasteiger partial charge is 0.494 e. The minimum atomic E-state index is -0.195. The zero-order valence-electron chi connectivity index (χ0n) is 20.1. The van der Waals surface area contributed by atoms with Crippen molar-refractivity contribution in [2.75, 3.05) is 33.3 Å². The molecule has 182 valence electrons. The molecular formula is C27H34BrN3O3. The highest BCUT2D eigenvalue weighted by Gasteiger charge is 2.37. The number of likely N-dealkylation sites (N-methyl/N-ethyl adjacent to an activating group) is 1. The fourth-order valence-electron chi connectivity index (χ4n) is 4.96. The van der Waals surface area contributed by atoms with Crippen LogP contribution in [0.15, 0.2) is 53.0 Å². The molecule has 34 heavy (non-hydrogen) atoms. The van der Waals surface area contributed by atoms with Gasteiger partial charge in [0.25, 0.3) is 0 Å². The van der Waals surface area contributed by atoms with Crippen LogP contribution in [0.4, 0.5) is 4.79 Å². The Morgan fingerprint density at radius 1 is 1.06 bits per heavy atom. The molecule has 2 heterocycles. The standard InChI is InChI=1S/C27H34BrN3O3/c1-3-34-24-9-10-25(28)22(16-24)15-20-11-13-30(14-12-20)19-23-17-26(32)31(27(33)29(23)2)18-21-7-5-4-6-8-21/h4-10,16,20,23H,3,11-15,17-19H2,1-2H3. The van der Waals surface area contributed by atoms with Gasteiger partial charge in [-0.2, -0.15) is 0 Å². The summed E-state index contributed by atoms with van der Waals surface area (Å²) in [6.07, 6.45) is 3.64. The number of carbonyl (C=O) groups is 2. The number of hydrogen-bond acceptors (Lipinski definition) is 4. The average molecular weight is 528 g/mol. The lowest BCUT2D eigenvalue weighted by Crippen LogP contribution is -2.58. The van der Waals surface area contributed by atoms with Gasteiger partial charge in [0.2, 0.25) is 5.91 Å². The zero-order valence-corrected chi connectivity index (χ0v) is 21.7. The molecule has 0 spiro atoms. The Morgan fingerprint density at radius 2 is 1.79 bits per heavy atom. The second-order valence-electron chi connectivity index (χ2n) is 9.35. The highest BCUT2D eigenvalue weighted by Crippen LogP contribution is 2.29. The third-order valence-corrected chi connectivity index (χ3v) is 7.76. The van der Waals surface area contributed by atoms with Gasteiger partial charge in [0, 0.05) is 24.5 Å². The Labute approximate surface area is 211 Å². The Hall–Kier alpha value is -2.38. The molecule has 3 amide bonds. The lowest BCUT2D eigenvalue weighted by molar-refractivity contribution is -0.133. The maximum absolute atomic E-state index is 13.0. The summed E-state index contributed by atoms with van der Waals surface area (Å²) in [6.45, 7) is 5.75. The van der Waals surface area contributed by atoms with E-state index in [1.807, 2.05) is 50.4 Å². The van der Waals surface area contributed by atoms with E-state index in [-0.39, 0.29) is 18.0 Å². The molecule has 2 aromatic rings. The summed E-state index contributed by atoms with van der Waals surface area (Å²) in [7, 11) is 1.83. The molecule has 2 saturated heterocycles. The van der Waals surface area contributed by atoms with Gasteiger partial charge in [-0.1, -0.05) is 46.3 Å². The number of nitrogens with zero attached hydrogens (tertiary/aromatic N) is 3. The molecule has 1 unspecified atom stereocenters. The van der Waals surface area contributed by atoms with Crippen molar-refractivity contribution >= 4 is 27.9 Å². The van der Waals surface area contributed by atoms with Gasteiger partial charge in [-0.05, 0) is 74.5 Å². The molecule has 0 bridgehead atoms. The van der Waals surface area contributed by atoms with Crippen LogP contribution in [0, 0.1) is 5.92 Å². The number of benzene rings is 2. The molecule has 6 nitrogen and oxygen atoms in total. The van der Waals surface area contributed by atoms with Crippen molar-refractivity contribution < 1.29 is 14.3 Å². The molecule has 4 rings (SSSR count). The predicted molar refractivity (Wildman–Crippen MR) is 137 cm³/mol. The SMILES string of the molecule is CCOc1ccc(Br)c(CC2CCN(CC3CC(=O)N(Cc4ccccc4)C(=O)N3C)CC2)c1. The van der Waals surface area contributed by atoms with Crippen molar-refractivity contribution in [2.24, 2.45) is 5.92 Å². The van der Waals surface area contributed by atoms with Crippen molar-refractivity contribution in [3.05, 3.63) is 64.1 Å². The van der Waals surface area contributed by atoms with Crippen LogP contribution < -0.4 is 4.74 Å². The Bertz CT molecular complexity index is 992. The van der Waals surface area contributed by atoms with E-state index >= 15 is 0 Å². The lowest BCUT2D eigenvalue weighted by Gasteiger charge is -2.41. The van der Waals surface area contributed by atoms with Crippen molar-refractivity contribution in [3.63, 3.8) is 0 Å². The van der Waals surface area contributed by atoms with Crippen LogP contribution in [0.5, 0.6) is 5.75 Å². The monoisotopic (exact) mass is 527 g/mol. The summed E-state index contributed by atoms with van der Waals surface area (Å²) in [5.41, 5.74) is 2.27. The summed E-state index contributed by atoms with van der Waals surface area (Å²) in [6, 6.07) is 15.6. The van der Waals surface area contributed by atoms with E-state index in [1.54, 1.807) is 4.90 Å². The fraction of sp³-hybridized carbons (Fsp3) is 0.481. The fourth-order valence-corrected chi connectivity index (χ4v) is 5.37. The van der Waals surface area contributed by atoms with Crippen LogP contribution >= 0.6 is 15.9 Å². The van der Waals surface area contributed by atoms with E-state index in [1.165, 1.54) is 10.5 Å². The predicted octanol–water partition coefficient (Wildman–Crippen LogP) is 4.96. The second-order valence-corrected chi connectivity index (χ2v) is 10.2. The lowest BCUT2D eigenvalue weighted by atomic mass is 9.89. The van der Waals surface area contributed by atoms with Crippen LogP contribution in [0.3, 0.4) is 0 Å². The number of amides is 3. The first-order valence-electron chi connectivity index (χ1n) is 12.2. The van der Waals surface area contributed by atoms with E-state index in [0.29, 0.717) is 25.5 Å². The molecule has 0 saturated carbocycles. The number of carbonyl (C=O) groups excluding carboxylic acids is 2. The second kappa shape index (κ2) is 11.4. The smallest absolute Gasteiger partial charge is 0.327 e. The summed E-state index contributed by atoms with van der Waals surface area (Å²) in [5, 5.41) is 0. The van der Waals surface area contributed by atoms with Gasteiger partial charge in [0.15, 0.2) is 0 Å². The molecule has 1 atom stereocenters. The van der Waals surface area contributed by atoms with Gasteiger partial charge < -0.3 is 14.5 Å². The van der Waals surface area contributed by atoms with Crippen molar-refractivity contribution in [3.8, 4) is 5.75 Å². The zero-order chi connectivity index (χ0) is 24.1. The molecule has 2 aliphatic rings. The third-order valence-electron chi connectivity index (χ3n) is 6.99. The normalized spacial score (nSPS) is 20.1. The molecule has 0 radical (unpaired) electrons. The van der Waals surface area contributed by atoms with Crippen LogP contribution in [0.2, 0.25) is 0 Å². The van der Waals surface area contributed by atoms with Gasteiger partial charge in [-0.25, -0.2) is 4.79 Å². The highest BCUT2D eigenvalue weighted by molar-refractivity contribution is 9.10. The van der Waals surface area contributed by atoms with Gasteiger partial charge in [-0.15, -0.1) is 0 Å². The summed E-state index contributed by atoms with van der Waals surface area (Å²) in [5.74, 6) is 1.47. The van der Waals surface area contributed by atoms with Crippen molar-refractivity contribution in [2.45, 2.75) is 45.2 Å². The summed E-state index contributed by atoms with van der Waals surface area (Å²) in [4.78, 5) is 31.3. The maximum atomic E-state index is 13.0. The highest BCUT2D eigenvalue weighted by atomic mass is 79.9. The number of hydrogen-bond donors (Lipinski definition) is 0. The summed E-state index contributed by atoms with van der Waals surface area (Å²) >= 11 is 3.69. The quantitative estimate of drug-likeness (QED) is 0.487. The Morgan fingerprint density at radius 3 is 2.50 bits per heavy atom. The minimum Gasteiger partial charge on any atom is -0.494 e. The maximum Gasteiger partial charge on any atom is 0.327 e. The average Bonchev–Trinajstić information content (AvgIpc) is 2.84. The molecule has 7 heteroatoms. The number of likely N-dealkylation sites (tertiary alicyclic amines) is 1. The first kappa shape index (κ1) is 24.7. The van der Waals surface area contributed by atoms with Crippen LogP contribution in [-0.2, 0) is 17.8 Å². The Balaban J connectivity index is 1.28. The molecule has 0 aromatic heterocycles. The number of imide groups is 1. The Kier molecular flexibility index (Phi) is 8.27. The molecule has 0 aliphatic carbocycles. The van der Waals surface area contributed by atoms with E-state index in [4.69, 9.17) is 4.74 Å². The topological polar surface area (TPSA) is 53.1 Å².